The van der Waals surface area contributed by atoms with Crippen LogP contribution in [-0.2, 0) is 11.2 Å². The van der Waals surface area contributed by atoms with E-state index < -0.39 is 0 Å². The molecule has 0 atom stereocenters. The van der Waals surface area contributed by atoms with Crippen LogP contribution in [0.15, 0.2) is 16.8 Å². The summed E-state index contributed by atoms with van der Waals surface area (Å²) in [4.78, 5) is 11.4. The number of nitrogens with one attached hydrogen (secondary N) is 2. The molecule has 0 unspecified atom stereocenters. The van der Waals surface area contributed by atoms with Gasteiger partial charge in [-0.2, -0.15) is 11.3 Å². The molecule has 0 spiro atoms. The maximum absolute atomic E-state index is 11.4. The fourth-order valence-corrected chi connectivity index (χ4v) is 2.08. The second-order valence-electron chi connectivity index (χ2n) is 3.73. The Labute approximate surface area is 101 Å². The zero-order valence-corrected chi connectivity index (χ0v) is 10.6. The quantitative estimate of drug-likeness (QED) is 0.680. The molecule has 0 aliphatic rings. The van der Waals surface area contributed by atoms with Crippen molar-refractivity contribution < 1.29 is 4.79 Å². The van der Waals surface area contributed by atoms with Crippen LogP contribution in [0.5, 0.6) is 0 Å². The first-order chi connectivity index (χ1) is 7.83. The number of aryl methyl sites for hydroxylation is 1. The first kappa shape index (κ1) is 13.2. The Bertz CT molecular complexity index is 285. The topological polar surface area (TPSA) is 41.1 Å². The predicted molar refractivity (Wildman–Crippen MR) is 68.8 cm³/mol. The highest BCUT2D eigenvalue weighted by molar-refractivity contribution is 7.07. The van der Waals surface area contributed by atoms with E-state index in [1.54, 1.807) is 11.3 Å². The van der Waals surface area contributed by atoms with E-state index in [0.717, 1.165) is 32.5 Å². The lowest BCUT2D eigenvalue weighted by molar-refractivity contribution is -0.121. The minimum Gasteiger partial charge on any atom is -0.355 e. The van der Waals surface area contributed by atoms with Crippen LogP contribution in [0.25, 0.3) is 0 Å². The van der Waals surface area contributed by atoms with Crippen molar-refractivity contribution in [2.24, 2.45) is 0 Å². The van der Waals surface area contributed by atoms with Gasteiger partial charge < -0.3 is 10.6 Å². The monoisotopic (exact) mass is 240 g/mol. The Morgan fingerprint density at radius 1 is 1.38 bits per heavy atom. The Kier molecular flexibility index (Phi) is 6.85. The van der Waals surface area contributed by atoms with E-state index in [4.69, 9.17) is 0 Å². The van der Waals surface area contributed by atoms with Gasteiger partial charge in [0.25, 0.3) is 0 Å². The van der Waals surface area contributed by atoms with Crippen LogP contribution in [0.3, 0.4) is 0 Å². The molecule has 1 aromatic heterocycles. The summed E-state index contributed by atoms with van der Waals surface area (Å²) < 4.78 is 0. The van der Waals surface area contributed by atoms with E-state index in [9.17, 15) is 4.79 Å². The van der Waals surface area contributed by atoms with Crippen molar-refractivity contribution in [1.29, 1.82) is 0 Å². The van der Waals surface area contributed by atoms with Gasteiger partial charge in [0.2, 0.25) is 5.91 Å². The summed E-state index contributed by atoms with van der Waals surface area (Å²) in [6.07, 6.45) is 2.56. The highest BCUT2D eigenvalue weighted by Gasteiger charge is 2.01. The van der Waals surface area contributed by atoms with Gasteiger partial charge in [-0.15, -0.1) is 0 Å². The van der Waals surface area contributed by atoms with Crippen LogP contribution in [0.1, 0.15) is 25.3 Å². The number of carbonyl (C=O) groups is 1. The van der Waals surface area contributed by atoms with Gasteiger partial charge in [-0.3, -0.25) is 4.79 Å². The fraction of sp³-hybridized carbons (Fsp3) is 0.583. The average molecular weight is 240 g/mol. The highest BCUT2D eigenvalue weighted by Crippen LogP contribution is 2.07. The molecular formula is C12H20N2OS. The lowest BCUT2D eigenvalue weighted by Crippen LogP contribution is -2.32. The lowest BCUT2D eigenvalue weighted by atomic mass is 10.2. The molecule has 90 valence electrons. The highest BCUT2D eigenvalue weighted by atomic mass is 32.1. The third kappa shape index (κ3) is 5.88. The van der Waals surface area contributed by atoms with Crippen molar-refractivity contribution in [3.8, 4) is 0 Å². The molecule has 16 heavy (non-hydrogen) atoms. The Morgan fingerprint density at radius 3 is 2.94 bits per heavy atom. The molecular weight excluding hydrogens is 220 g/mol. The molecule has 0 aliphatic heterocycles. The SMILES string of the molecule is CCCNCCNC(=O)CCc1ccsc1. The number of hydrogen-bond acceptors (Lipinski definition) is 3. The van der Waals surface area contributed by atoms with Gasteiger partial charge in [0.15, 0.2) is 0 Å². The molecule has 1 rings (SSSR count). The molecule has 0 bridgehead atoms. The molecule has 2 N–H and O–H groups in total. The third-order valence-corrected chi connectivity index (χ3v) is 3.00. The van der Waals surface area contributed by atoms with Crippen LogP contribution in [0, 0.1) is 0 Å². The average Bonchev–Trinajstić information content (AvgIpc) is 2.79. The zero-order valence-electron chi connectivity index (χ0n) is 9.79. The van der Waals surface area contributed by atoms with Crippen LogP contribution >= 0.6 is 11.3 Å². The molecule has 0 saturated heterocycles. The standard InChI is InChI=1S/C12H20N2OS/c1-2-6-13-7-8-14-12(15)4-3-11-5-9-16-10-11/h5,9-10,13H,2-4,6-8H2,1H3,(H,14,15). The van der Waals surface area contributed by atoms with E-state index in [1.807, 2.05) is 5.38 Å². The van der Waals surface area contributed by atoms with Gasteiger partial charge in [-0.1, -0.05) is 6.92 Å². The summed E-state index contributed by atoms with van der Waals surface area (Å²) in [5, 5.41) is 10.3. The number of carbonyl (C=O) groups excluding carboxylic acids is 1. The second-order valence-corrected chi connectivity index (χ2v) is 4.51. The Hall–Kier alpha value is -0.870. The summed E-state index contributed by atoms with van der Waals surface area (Å²) in [5.74, 6) is 0.143. The van der Waals surface area contributed by atoms with Crippen LogP contribution < -0.4 is 10.6 Å². The summed E-state index contributed by atoms with van der Waals surface area (Å²) >= 11 is 1.68. The van der Waals surface area contributed by atoms with Crippen molar-refractivity contribution in [1.82, 2.24) is 10.6 Å². The van der Waals surface area contributed by atoms with E-state index in [-0.39, 0.29) is 5.91 Å². The normalized spacial score (nSPS) is 10.3. The molecule has 0 fully saturated rings. The van der Waals surface area contributed by atoms with Gasteiger partial charge in [-0.05, 0) is 41.8 Å². The first-order valence-electron chi connectivity index (χ1n) is 5.81. The molecule has 0 aliphatic carbocycles. The maximum atomic E-state index is 11.4. The van der Waals surface area contributed by atoms with Crippen LogP contribution in [-0.4, -0.2) is 25.5 Å². The Morgan fingerprint density at radius 2 is 2.25 bits per heavy atom. The van der Waals surface area contributed by atoms with Crippen molar-refractivity contribution in [3.63, 3.8) is 0 Å². The molecule has 0 radical (unpaired) electrons. The molecule has 1 heterocycles. The van der Waals surface area contributed by atoms with Crippen molar-refractivity contribution in [3.05, 3.63) is 22.4 Å². The minimum absolute atomic E-state index is 0.143. The van der Waals surface area contributed by atoms with Crippen LogP contribution in [0.4, 0.5) is 0 Å². The zero-order chi connectivity index (χ0) is 11.6. The molecule has 0 aromatic carbocycles. The minimum atomic E-state index is 0.143. The van der Waals surface area contributed by atoms with Gasteiger partial charge in [0.1, 0.15) is 0 Å². The number of hydrogen-bond donors (Lipinski definition) is 2. The van der Waals surface area contributed by atoms with Crippen molar-refractivity contribution in [2.75, 3.05) is 19.6 Å². The van der Waals surface area contributed by atoms with Gasteiger partial charge in [0.05, 0.1) is 0 Å². The molecule has 0 saturated carbocycles. The molecule has 1 amide bonds. The Balaban J connectivity index is 1.99. The largest absolute Gasteiger partial charge is 0.355 e. The summed E-state index contributed by atoms with van der Waals surface area (Å²) in [5.41, 5.74) is 1.25. The van der Waals surface area contributed by atoms with E-state index in [0.29, 0.717) is 6.42 Å². The van der Waals surface area contributed by atoms with Gasteiger partial charge >= 0.3 is 0 Å². The lowest BCUT2D eigenvalue weighted by Gasteiger charge is -2.05. The van der Waals surface area contributed by atoms with E-state index >= 15 is 0 Å². The van der Waals surface area contributed by atoms with Gasteiger partial charge in [-0.25, -0.2) is 0 Å². The second kappa shape index (κ2) is 8.30. The first-order valence-corrected chi connectivity index (χ1v) is 6.75. The number of rotatable bonds is 8. The summed E-state index contributed by atoms with van der Waals surface area (Å²) in [6.45, 7) is 4.73. The number of thiophene rings is 1. The van der Waals surface area contributed by atoms with E-state index in [1.165, 1.54) is 5.56 Å². The van der Waals surface area contributed by atoms with Gasteiger partial charge in [0, 0.05) is 19.5 Å². The predicted octanol–water partition coefficient (Wildman–Crippen LogP) is 1.80. The van der Waals surface area contributed by atoms with Crippen molar-refractivity contribution >= 4 is 17.2 Å². The summed E-state index contributed by atoms with van der Waals surface area (Å²) in [6, 6.07) is 2.07. The molecule has 4 heteroatoms. The van der Waals surface area contributed by atoms with E-state index in [2.05, 4.69) is 29.0 Å². The number of amides is 1. The smallest absolute Gasteiger partial charge is 0.220 e. The third-order valence-electron chi connectivity index (χ3n) is 2.27. The fourth-order valence-electron chi connectivity index (χ4n) is 1.37. The molecule has 3 nitrogen and oxygen atoms in total. The maximum Gasteiger partial charge on any atom is 0.220 e. The molecule has 1 aromatic rings. The summed E-state index contributed by atoms with van der Waals surface area (Å²) in [7, 11) is 0. The van der Waals surface area contributed by atoms with Crippen LogP contribution in [0.2, 0.25) is 0 Å². The van der Waals surface area contributed by atoms with Crippen molar-refractivity contribution in [2.45, 2.75) is 26.2 Å².